The average molecular weight is 744 g/mol. The van der Waals surface area contributed by atoms with Crippen molar-refractivity contribution < 1.29 is 4.42 Å². The lowest BCUT2D eigenvalue weighted by molar-refractivity contribution is 0.598. The van der Waals surface area contributed by atoms with Crippen molar-refractivity contribution in [3.8, 4) is 45.3 Å². The van der Waals surface area contributed by atoms with Crippen molar-refractivity contribution in [3.63, 3.8) is 0 Å². The van der Waals surface area contributed by atoms with Crippen molar-refractivity contribution >= 4 is 49.1 Å². The number of benzene rings is 8. The molecule has 1 aliphatic carbocycles. The minimum atomic E-state index is -0.283. The summed E-state index contributed by atoms with van der Waals surface area (Å²) in [6.07, 6.45) is 7.77. The van der Waals surface area contributed by atoms with Crippen LogP contribution in [0, 0.1) is 0 Å². The summed E-state index contributed by atoms with van der Waals surface area (Å²) in [5, 5.41) is 6.77. The molecule has 0 saturated heterocycles. The van der Waals surface area contributed by atoms with Gasteiger partial charge < -0.3 is 4.42 Å². The first-order valence-electron chi connectivity index (χ1n) is 19.8. The summed E-state index contributed by atoms with van der Waals surface area (Å²) in [7, 11) is 0. The van der Waals surface area contributed by atoms with Crippen LogP contribution in [0.5, 0.6) is 0 Å². The Morgan fingerprint density at radius 1 is 0.466 bits per heavy atom. The van der Waals surface area contributed by atoms with Crippen LogP contribution in [0.4, 0.5) is 0 Å². The smallest absolute Gasteiger partial charge is 0.164 e. The fourth-order valence-electron chi connectivity index (χ4n) is 8.51. The van der Waals surface area contributed by atoms with Crippen LogP contribution in [0.2, 0.25) is 0 Å². The van der Waals surface area contributed by atoms with E-state index in [9.17, 15) is 0 Å². The van der Waals surface area contributed by atoms with Gasteiger partial charge in [-0.05, 0) is 80.1 Å². The van der Waals surface area contributed by atoms with Crippen molar-refractivity contribution in [1.29, 1.82) is 0 Å². The van der Waals surface area contributed by atoms with E-state index >= 15 is 0 Å². The Bertz CT molecular complexity index is 3260. The van der Waals surface area contributed by atoms with E-state index in [1.807, 2.05) is 12.1 Å². The Morgan fingerprint density at radius 2 is 1.12 bits per heavy atom. The maximum absolute atomic E-state index is 6.63. The third-order valence-electron chi connectivity index (χ3n) is 11.7. The second-order valence-corrected chi connectivity index (χ2v) is 15.4. The highest BCUT2D eigenvalue weighted by Crippen LogP contribution is 2.43. The fraction of sp³-hybridized carbons (Fsp3) is 0.0556. The number of furan rings is 1. The van der Waals surface area contributed by atoms with Gasteiger partial charge in [-0.2, -0.15) is 0 Å². The maximum atomic E-state index is 6.63. The Morgan fingerprint density at radius 3 is 1.93 bits per heavy atom. The molecule has 0 N–H and O–H groups in total. The molecule has 11 rings (SSSR count). The standard InChI is InChI=1S/C54H37N3O/c1-54(30-28-37(29-31-54)35-12-3-2-4-13-35)43-33-47(50-46-19-9-10-21-48(46)58-49(50)34-43)53-56-51(55-52(57-53)42-27-22-36-14-5-6-16-41(36)32-42)40-25-23-39(24-26-40)45-20-11-17-38-15-7-8-18-44(38)45/h2-30,32-34H,31H2,1H3. The first-order chi connectivity index (χ1) is 28.6. The van der Waals surface area contributed by atoms with E-state index in [4.69, 9.17) is 19.4 Å². The Hall–Kier alpha value is -7.43. The zero-order valence-corrected chi connectivity index (χ0v) is 31.9. The van der Waals surface area contributed by atoms with Crippen LogP contribution in [-0.4, -0.2) is 15.0 Å². The summed E-state index contributed by atoms with van der Waals surface area (Å²) in [5.41, 5.74) is 10.1. The number of aromatic nitrogens is 3. The zero-order chi connectivity index (χ0) is 38.6. The van der Waals surface area contributed by atoms with Gasteiger partial charge in [-0.3, -0.25) is 0 Å². The number of hydrogen-bond acceptors (Lipinski definition) is 4. The van der Waals surface area contributed by atoms with Crippen LogP contribution in [0.25, 0.3) is 94.3 Å². The molecule has 0 spiro atoms. The number of fused-ring (bicyclic) bond motifs is 5. The Kier molecular flexibility index (Phi) is 7.97. The van der Waals surface area contributed by atoms with Gasteiger partial charge in [0.1, 0.15) is 11.2 Å². The van der Waals surface area contributed by atoms with E-state index in [0.717, 1.165) is 61.6 Å². The summed E-state index contributed by atoms with van der Waals surface area (Å²) in [5.74, 6) is 1.84. The number of allylic oxidation sites excluding steroid dienone is 4. The van der Waals surface area contributed by atoms with Gasteiger partial charge in [0.25, 0.3) is 0 Å². The molecule has 4 heteroatoms. The molecule has 0 saturated carbocycles. The lowest BCUT2D eigenvalue weighted by Crippen LogP contribution is -2.20. The van der Waals surface area contributed by atoms with E-state index < -0.39 is 0 Å². The molecule has 10 aromatic rings. The number of hydrogen-bond donors (Lipinski definition) is 0. The van der Waals surface area contributed by atoms with Crippen molar-refractivity contribution in [3.05, 3.63) is 205 Å². The van der Waals surface area contributed by atoms with Crippen molar-refractivity contribution in [2.75, 3.05) is 0 Å². The summed E-state index contributed by atoms with van der Waals surface area (Å²) in [6, 6.07) is 61.7. The normalized spacial score (nSPS) is 15.4. The fourth-order valence-corrected chi connectivity index (χ4v) is 8.51. The minimum absolute atomic E-state index is 0.283. The number of para-hydroxylation sites is 1. The van der Waals surface area contributed by atoms with E-state index in [1.54, 1.807) is 0 Å². The zero-order valence-electron chi connectivity index (χ0n) is 31.9. The molecule has 274 valence electrons. The topological polar surface area (TPSA) is 51.8 Å². The summed E-state index contributed by atoms with van der Waals surface area (Å²) >= 11 is 0. The molecule has 1 unspecified atom stereocenters. The van der Waals surface area contributed by atoms with Crippen molar-refractivity contribution in [1.82, 2.24) is 15.0 Å². The molecule has 0 bridgehead atoms. The van der Waals surface area contributed by atoms with Crippen LogP contribution >= 0.6 is 0 Å². The van der Waals surface area contributed by atoms with E-state index in [1.165, 1.54) is 32.9 Å². The van der Waals surface area contributed by atoms with Gasteiger partial charge in [-0.25, -0.2) is 15.0 Å². The SMILES string of the molecule is CC1(c2cc(-c3nc(-c4ccc(-c5cccc6ccccc56)cc4)nc(-c4ccc5ccccc5c4)n3)c3c(c2)oc2ccccc23)C=CC(c2ccccc2)=CC1. The molecule has 1 atom stereocenters. The van der Waals surface area contributed by atoms with Crippen LogP contribution in [0.3, 0.4) is 0 Å². The predicted molar refractivity (Wildman–Crippen MR) is 239 cm³/mol. The summed E-state index contributed by atoms with van der Waals surface area (Å²) in [6.45, 7) is 2.30. The molecule has 0 amide bonds. The molecule has 58 heavy (non-hydrogen) atoms. The van der Waals surface area contributed by atoms with Crippen molar-refractivity contribution in [2.24, 2.45) is 0 Å². The molecule has 1 aliphatic rings. The molecule has 0 fully saturated rings. The van der Waals surface area contributed by atoms with Gasteiger partial charge in [0.05, 0.1) is 0 Å². The van der Waals surface area contributed by atoms with Gasteiger partial charge in [-0.15, -0.1) is 0 Å². The van der Waals surface area contributed by atoms with Crippen LogP contribution in [0.15, 0.2) is 199 Å². The Labute approximate surface area is 336 Å². The number of rotatable bonds is 6. The van der Waals surface area contributed by atoms with Crippen LogP contribution in [0.1, 0.15) is 24.5 Å². The molecule has 4 nitrogen and oxygen atoms in total. The van der Waals surface area contributed by atoms with Gasteiger partial charge in [0.15, 0.2) is 17.5 Å². The molecule has 2 aromatic heterocycles. The molecule has 0 radical (unpaired) electrons. The molecular formula is C54H37N3O. The summed E-state index contributed by atoms with van der Waals surface area (Å²) < 4.78 is 6.63. The highest BCUT2D eigenvalue weighted by molar-refractivity contribution is 6.12. The highest BCUT2D eigenvalue weighted by Gasteiger charge is 2.29. The monoisotopic (exact) mass is 743 g/mol. The van der Waals surface area contributed by atoms with E-state index in [2.05, 4.69) is 189 Å². The number of nitrogens with zero attached hydrogens (tertiary/aromatic N) is 3. The van der Waals surface area contributed by atoms with Crippen LogP contribution in [-0.2, 0) is 5.41 Å². The van der Waals surface area contributed by atoms with E-state index in [-0.39, 0.29) is 5.41 Å². The lowest BCUT2D eigenvalue weighted by atomic mass is 9.74. The molecule has 8 aromatic carbocycles. The van der Waals surface area contributed by atoms with Gasteiger partial charge in [0, 0.05) is 32.9 Å². The van der Waals surface area contributed by atoms with Crippen LogP contribution < -0.4 is 0 Å². The highest BCUT2D eigenvalue weighted by atomic mass is 16.3. The maximum Gasteiger partial charge on any atom is 0.164 e. The summed E-state index contributed by atoms with van der Waals surface area (Å²) in [4.78, 5) is 15.8. The molecule has 2 heterocycles. The van der Waals surface area contributed by atoms with Gasteiger partial charge in [-0.1, -0.05) is 177 Å². The largest absolute Gasteiger partial charge is 0.456 e. The predicted octanol–water partition coefficient (Wildman–Crippen LogP) is 14.0. The third-order valence-corrected chi connectivity index (χ3v) is 11.7. The average Bonchev–Trinajstić information content (AvgIpc) is 3.68. The third kappa shape index (κ3) is 5.89. The van der Waals surface area contributed by atoms with Gasteiger partial charge >= 0.3 is 0 Å². The second-order valence-electron chi connectivity index (χ2n) is 15.4. The first kappa shape index (κ1) is 33.9. The first-order valence-corrected chi connectivity index (χ1v) is 19.8. The van der Waals surface area contributed by atoms with Crippen molar-refractivity contribution in [2.45, 2.75) is 18.8 Å². The lowest BCUT2D eigenvalue weighted by Gasteiger charge is -2.29. The van der Waals surface area contributed by atoms with E-state index in [0.29, 0.717) is 17.5 Å². The minimum Gasteiger partial charge on any atom is -0.456 e. The van der Waals surface area contributed by atoms with Gasteiger partial charge in [0.2, 0.25) is 0 Å². The second kappa shape index (κ2) is 13.6. The Balaban J connectivity index is 1.10. The molecule has 0 aliphatic heterocycles. The molecular weight excluding hydrogens is 707 g/mol. The quantitative estimate of drug-likeness (QED) is 0.170.